The molecule has 0 aliphatic rings. The van der Waals surface area contributed by atoms with E-state index >= 15 is 0 Å². The highest BCUT2D eigenvalue weighted by Gasteiger charge is 2.17. The number of aromatic nitrogens is 3. The number of rotatable bonds is 9. The first-order chi connectivity index (χ1) is 14.2. The van der Waals surface area contributed by atoms with E-state index in [0.29, 0.717) is 19.0 Å². The monoisotopic (exact) mass is 445 g/mol. The van der Waals surface area contributed by atoms with E-state index in [1.807, 2.05) is 42.4 Å². The van der Waals surface area contributed by atoms with Crippen molar-refractivity contribution < 1.29 is 14.3 Å². The fourth-order valence-electron chi connectivity index (χ4n) is 3.06. The Hall–Kier alpha value is -2.03. The molecule has 0 aliphatic carbocycles. The van der Waals surface area contributed by atoms with Crippen LogP contribution in [0.15, 0.2) is 40.3 Å². The molecule has 0 fully saturated rings. The number of hydrogen-bond donors (Lipinski definition) is 0. The quantitative estimate of drug-likeness (QED) is 0.253. The van der Waals surface area contributed by atoms with E-state index < -0.39 is 8.07 Å². The number of esters is 1. The first-order valence-electron chi connectivity index (χ1n) is 10.2. The van der Waals surface area contributed by atoms with E-state index in [1.54, 1.807) is 11.8 Å². The summed E-state index contributed by atoms with van der Waals surface area (Å²) in [4.78, 5) is 14.3. The van der Waals surface area contributed by atoms with E-state index in [0.717, 1.165) is 39.0 Å². The third-order valence-electron chi connectivity index (χ3n) is 5.02. The van der Waals surface area contributed by atoms with Crippen molar-refractivity contribution in [3.05, 3.63) is 41.9 Å². The van der Waals surface area contributed by atoms with Crippen LogP contribution in [0, 0.1) is 6.92 Å². The van der Waals surface area contributed by atoms with Crippen LogP contribution in [-0.2, 0) is 23.3 Å². The number of fused-ring (bicyclic) bond motifs is 1. The van der Waals surface area contributed by atoms with Crippen molar-refractivity contribution in [2.24, 2.45) is 7.05 Å². The maximum Gasteiger partial charge on any atom is 0.354 e. The molecule has 0 unspecified atom stereocenters. The zero-order valence-electron chi connectivity index (χ0n) is 18.7. The Bertz CT molecular complexity index is 1040. The van der Waals surface area contributed by atoms with Gasteiger partial charge in [0.25, 0.3) is 0 Å². The maximum atomic E-state index is 12.2. The molecule has 3 rings (SSSR count). The smallest absolute Gasteiger partial charge is 0.354 e. The maximum absolute atomic E-state index is 12.2. The fourth-order valence-corrected chi connectivity index (χ4v) is 4.85. The number of ether oxygens (including phenoxy) is 2. The SMILES string of the molecule is CCOC(=O)c1cc(Sc2ccc3c(cnn3COCC[Si](C)(C)C)c2)c(C)n1C. The first kappa shape index (κ1) is 22.6. The van der Waals surface area contributed by atoms with Crippen LogP contribution in [0.2, 0.25) is 25.7 Å². The lowest BCUT2D eigenvalue weighted by atomic mass is 10.2. The van der Waals surface area contributed by atoms with Gasteiger partial charge < -0.3 is 14.0 Å². The van der Waals surface area contributed by atoms with Crippen molar-refractivity contribution in [2.75, 3.05) is 13.2 Å². The van der Waals surface area contributed by atoms with Gasteiger partial charge in [0, 0.05) is 42.6 Å². The molecule has 2 aromatic heterocycles. The minimum Gasteiger partial charge on any atom is -0.461 e. The molecular formula is C22H31N3O3SSi. The van der Waals surface area contributed by atoms with E-state index in [9.17, 15) is 4.79 Å². The number of benzene rings is 1. The predicted molar refractivity (Wildman–Crippen MR) is 124 cm³/mol. The van der Waals surface area contributed by atoms with Crippen LogP contribution < -0.4 is 0 Å². The Morgan fingerprint density at radius 2 is 2.00 bits per heavy atom. The standard InChI is InChI=1S/C22H31N3O3SSi/c1-7-28-22(26)20-13-21(16(2)24(20)3)29-18-8-9-19-17(12-18)14-23-25(19)15-27-10-11-30(4,5)6/h8-9,12-14H,7,10-11,15H2,1-6H3. The van der Waals surface area contributed by atoms with Crippen molar-refractivity contribution in [2.45, 2.75) is 56.1 Å². The van der Waals surface area contributed by atoms with Crippen LogP contribution >= 0.6 is 11.8 Å². The van der Waals surface area contributed by atoms with Crippen molar-refractivity contribution in [1.29, 1.82) is 0 Å². The van der Waals surface area contributed by atoms with Crippen LogP contribution in [0.25, 0.3) is 10.9 Å². The molecule has 162 valence electrons. The Labute approximate surface area is 183 Å². The third kappa shape index (κ3) is 5.36. The second-order valence-corrected chi connectivity index (χ2v) is 15.3. The number of nitrogens with zero attached hydrogens (tertiary/aromatic N) is 3. The zero-order valence-corrected chi connectivity index (χ0v) is 20.5. The van der Waals surface area contributed by atoms with Crippen molar-refractivity contribution in [3.63, 3.8) is 0 Å². The molecule has 1 aromatic carbocycles. The molecule has 0 aliphatic heterocycles. The van der Waals surface area contributed by atoms with E-state index in [2.05, 4.69) is 42.9 Å². The summed E-state index contributed by atoms with van der Waals surface area (Å²) >= 11 is 1.64. The predicted octanol–water partition coefficient (Wildman–Crippen LogP) is 5.32. The minimum atomic E-state index is -1.08. The van der Waals surface area contributed by atoms with E-state index in [-0.39, 0.29) is 5.97 Å². The van der Waals surface area contributed by atoms with Gasteiger partial charge in [0.15, 0.2) is 0 Å². The van der Waals surface area contributed by atoms with Gasteiger partial charge in [0.05, 0.1) is 18.3 Å². The number of hydrogen-bond acceptors (Lipinski definition) is 5. The van der Waals surface area contributed by atoms with Gasteiger partial charge in [0.1, 0.15) is 12.4 Å². The summed E-state index contributed by atoms with van der Waals surface area (Å²) in [7, 11) is 0.805. The van der Waals surface area contributed by atoms with Crippen LogP contribution in [-0.4, -0.2) is 41.6 Å². The van der Waals surface area contributed by atoms with Crippen molar-refractivity contribution in [3.8, 4) is 0 Å². The molecular weight excluding hydrogens is 414 g/mol. The van der Waals surface area contributed by atoms with Gasteiger partial charge in [0.2, 0.25) is 0 Å². The van der Waals surface area contributed by atoms with Crippen molar-refractivity contribution >= 4 is 36.7 Å². The van der Waals surface area contributed by atoms with Crippen LogP contribution in [0.5, 0.6) is 0 Å². The largest absolute Gasteiger partial charge is 0.461 e. The second kappa shape index (κ2) is 9.41. The zero-order chi connectivity index (χ0) is 21.9. The summed E-state index contributed by atoms with van der Waals surface area (Å²) in [6, 6.07) is 9.35. The molecule has 0 bridgehead atoms. The molecule has 0 spiro atoms. The average Bonchev–Trinajstić information content (AvgIpc) is 3.20. The summed E-state index contributed by atoms with van der Waals surface area (Å²) in [5, 5.41) is 5.56. The molecule has 30 heavy (non-hydrogen) atoms. The Morgan fingerprint density at radius 3 is 2.70 bits per heavy atom. The fraction of sp³-hybridized carbons (Fsp3) is 0.455. The average molecular weight is 446 g/mol. The highest BCUT2D eigenvalue weighted by molar-refractivity contribution is 7.99. The highest BCUT2D eigenvalue weighted by atomic mass is 32.2. The highest BCUT2D eigenvalue weighted by Crippen LogP contribution is 2.34. The van der Waals surface area contributed by atoms with Crippen molar-refractivity contribution in [1.82, 2.24) is 14.3 Å². The Kier molecular flexibility index (Phi) is 7.10. The normalized spacial score (nSPS) is 11.9. The molecule has 0 atom stereocenters. The van der Waals surface area contributed by atoms with E-state index in [1.165, 1.54) is 0 Å². The molecule has 0 radical (unpaired) electrons. The Morgan fingerprint density at radius 1 is 1.23 bits per heavy atom. The van der Waals surface area contributed by atoms with E-state index in [4.69, 9.17) is 9.47 Å². The molecule has 0 saturated heterocycles. The molecule has 2 heterocycles. The second-order valence-electron chi connectivity index (χ2n) is 8.57. The molecule has 0 N–H and O–H groups in total. The number of carbonyl (C=O) groups is 1. The summed E-state index contributed by atoms with van der Waals surface area (Å²) in [5.74, 6) is -0.291. The van der Waals surface area contributed by atoms with Crippen LogP contribution in [0.1, 0.15) is 23.1 Å². The van der Waals surface area contributed by atoms with Gasteiger partial charge in [-0.1, -0.05) is 31.4 Å². The third-order valence-corrected chi connectivity index (χ3v) is 7.85. The summed E-state index contributed by atoms with van der Waals surface area (Å²) in [6.07, 6.45) is 1.88. The molecule has 3 aromatic rings. The summed E-state index contributed by atoms with van der Waals surface area (Å²) in [6.45, 7) is 12.5. The molecule has 0 amide bonds. The van der Waals surface area contributed by atoms with Gasteiger partial charge >= 0.3 is 5.97 Å². The lowest BCUT2D eigenvalue weighted by Crippen LogP contribution is -2.22. The van der Waals surface area contributed by atoms with Gasteiger partial charge in [-0.15, -0.1) is 0 Å². The van der Waals surface area contributed by atoms with Crippen LogP contribution in [0.4, 0.5) is 0 Å². The van der Waals surface area contributed by atoms with Gasteiger partial charge in [-0.2, -0.15) is 5.10 Å². The lowest BCUT2D eigenvalue weighted by molar-refractivity contribution is 0.0515. The van der Waals surface area contributed by atoms with Gasteiger partial charge in [-0.05, 0) is 44.2 Å². The van der Waals surface area contributed by atoms with Crippen LogP contribution in [0.3, 0.4) is 0 Å². The summed E-state index contributed by atoms with van der Waals surface area (Å²) < 4.78 is 14.8. The van der Waals surface area contributed by atoms with Gasteiger partial charge in [-0.25, -0.2) is 9.48 Å². The summed E-state index contributed by atoms with van der Waals surface area (Å²) in [5.41, 5.74) is 2.67. The first-order valence-corrected chi connectivity index (χ1v) is 14.8. The topological polar surface area (TPSA) is 58.3 Å². The minimum absolute atomic E-state index is 0.291. The molecule has 6 nitrogen and oxygen atoms in total. The Balaban J connectivity index is 1.71. The number of carbonyl (C=O) groups excluding carboxylic acids is 1. The molecule has 0 saturated carbocycles. The van der Waals surface area contributed by atoms with Gasteiger partial charge in [-0.3, -0.25) is 0 Å². The molecule has 8 heteroatoms. The lowest BCUT2D eigenvalue weighted by Gasteiger charge is -2.15.